The van der Waals surface area contributed by atoms with E-state index in [1.54, 1.807) is 11.3 Å². The molecule has 0 aliphatic carbocycles. The Hall–Kier alpha value is -0.840. The number of benzene rings is 1. The van der Waals surface area contributed by atoms with Crippen molar-refractivity contribution >= 4 is 38.3 Å². The third-order valence-electron chi connectivity index (χ3n) is 3.17. The second kappa shape index (κ2) is 4.68. The molecule has 3 rings (SSSR count). The van der Waals surface area contributed by atoms with Gasteiger partial charge in [0.05, 0.1) is 10.2 Å². The third kappa shape index (κ3) is 2.32. The van der Waals surface area contributed by atoms with Gasteiger partial charge in [0.15, 0.2) is 5.13 Å². The molecular weight excluding hydrogens is 266 g/mol. The van der Waals surface area contributed by atoms with Gasteiger partial charge in [0.25, 0.3) is 0 Å². The van der Waals surface area contributed by atoms with Crippen molar-refractivity contribution in [2.24, 2.45) is 0 Å². The van der Waals surface area contributed by atoms with Crippen molar-refractivity contribution in [3.05, 3.63) is 23.2 Å². The maximum Gasteiger partial charge on any atom is 0.186 e. The first-order chi connectivity index (χ1) is 8.61. The molecule has 1 saturated heterocycles. The number of halogens is 1. The lowest BCUT2D eigenvalue weighted by atomic mass is 10.2. The highest BCUT2D eigenvalue weighted by atomic mass is 35.5. The first kappa shape index (κ1) is 12.2. The molecule has 0 radical (unpaired) electrons. The largest absolute Gasteiger partial charge is 0.345 e. The minimum absolute atomic E-state index is 0.504. The van der Waals surface area contributed by atoms with E-state index < -0.39 is 0 Å². The van der Waals surface area contributed by atoms with Crippen molar-refractivity contribution < 1.29 is 0 Å². The highest BCUT2D eigenvalue weighted by Crippen LogP contribution is 2.31. The SMILES string of the molecule is C[C@@H]1CN(c2nc3ccc(Cl)cc3s2)C[C@H](C)N1. The van der Waals surface area contributed by atoms with Crippen LogP contribution in [0.2, 0.25) is 5.02 Å². The Kier molecular flexibility index (Phi) is 3.18. The second-order valence-corrected chi connectivity index (χ2v) is 6.43. The molecule has 2 atom stereocenters. The lowest BCUT2D eigenvalue weighted by Gasteiger charge is -2.35. The van der Waals surface area contributed by atoms with E-state index in [-0.39, 0.29) is 0 Å². The molecule has 0 spiro atoms. The molecule has 0 unspecified atom stereocenters. The predicted octanol–water partition coefficient (Wildman–Crippen LogP) is 3.14. The molecule has 1 aliphatic rings. The standard InChI is InChI=1S/C13H16ClN3S/c1-8-6-17(7-9(2)15-8)13-16-11-4-3-10(14)5-12(11)18-13/h3-5,8-9,15H,6-7H2,1-2H3/t8-,9+. The van der Waals surface area contributed by atoms with Crippen LogP contribution in [0.3, 0.4) is 0 Å². The van der Waals surface area contributed by atoms with E-state index in [0.717, 1.165) is 33.5 Å². The zero-order valence-corrected chi connectivity index (χ0v) is 12.1. The Morgan fingerprint density at radius 2 is 2.06 bits per heavy atom. The molecule has 1 fully saturated rings. The molecule has 96 valence electrons. The number of anilines is 1. The Morgan fingerprint density at radius 3 is 2.78 bits per heavy atom. The molecule has 1 aliphatic heterocycles. The monoisotopic (exact) mass is 281 g/mol. The summed E-state index contributed by atoms with van der Waals surface area (Å²) in [4.78, 5) is 7.07. The number of nitrogens with one attached hydrogen (secondary N) is 1. The first-order valence-electron chi connectivity index (χ1n) is 6.19. The highest BCUT2D eigenvalue weighted by Gasteiger charge is 2.23. The van der Waals surface area contributed by atoms with Crippen molar-refractivity contribution in [3.8, 4) is 0 Å². The van der Waals surface area contributed by atoms with Gasteiger partial charge in [-0.1, -0.05) is 22.9 Å². The summed E-state index contributed by atoms with van der Waals surface area (Å²) in [6.07, 6.45) is 0. The number of aromatic nitrogens is 1. The van der Waals surface area contributed by atoms with Crippen molar-refractivity contribution in [1.29, 1.82) is 0 Å². The average Bonchev–Trinajstić information content (AvgIpc) is 2.70. The lowest BCUT2D eigenvalue weighted by Crippen LogP contribution is -2.54. The number of hydrogen-bond acceptors (Lipinski definition) is 4. The molecule has 18 heavy (non-hydrogen) atoms. The van der Waals surface area contributed by atoms with Gasteiger partial charge in [-0.25, -0.2) is 4.98 Å². The minimum Gasteiger partial charge on any atom is -0.345 e. The summed E-state index contributed by atoms with van der Waals surface area (Å²) in [6.45, 7) is 6.45. The van der Waals surface area contributed by atoms with Crippen LogP contribution in [0.4, 0.5) is 5.13 Å². The molecule has 2 aromatic rings. The zero-order chi connectivity index (χ0) is 12.7. The Bertz CT molecular complexity index is 558. The zero-order valence-electron chi connectivity index (χ0n) is 10.5. The van der Waals surface area contributed by atoms with Crippen molar-refractivity contribution in [2.75, 3.05) is 18.0 Å². The van der Waals surface area contributed by atoms with Crippen LogP contribution in [-0.4, -0.2) is 30.2 Å². The molecule has 1 aromatic carbocycles. The maximum atomic E-state index is 6.02. The van der Waals surface area contributed by atoms with Crippen LogP contribution in [0.15, 0.2) is 18.2 Å². The number of piperazine rings is 1. The number of hydrogen-bond donors (Lipinski definition) is 1. The highest BCUT2D eigenvalue weighted by molar-refractivity contribution is 7.22. The van der Waals surface area contributed by atoms with Gasteiger partial charge in [0.2, 0.25) is 0 Å². The van der Waals surface area contributed by atoms with Crippen LogP contribution in [0.5, 0.6) is 0 Å². The van der Waals surface area contributed by atoms with Gasteiger partial charge in [-0.05, 0) is 32.0 Å². The Labute approximate surface area is 116 Å². The molecule has 5 heteroatoms. The molecule has 1 aromatic heterocycles. The smallest absolute Gasteiger partial charge is 0.186 e. The minimum atomic E-state index is 0.504. The first-order valence-corrected chi connectivity index (χ1v) is 7.38. The molecule has 1 N–H and O–H groups in total. The Balaban J connectivity index is 1.93. The molecule has 0 bridgehead atoms. The van der Waals surface area contributed by atoms with E-state index in [2.05, 4.69) is 24.1 Å². The topological polar surface area (TPSA) is 28.2 Å². The molecule has 2 heterocycles. The number of nitrogens with zero attached hydrogens (tertiary/aromatic N) is 2. The van der Waals surface area contributed by atoms with Crippen LogP contribution in [0.25, 0.3) is 10.2 Å². The van der Waals surface area contributed by atoms with Gasteiger partial charge in [0.1, 0.15) is 0 Å². The van der Waals surface area contributed by atoms with Crippen LogP contribution in [0, 0.1) is 0 Å². The number of rotatable bonds is 1. The van der Waals surface area contributed by atoms with Crippen LogP contribution >= 0.6 is 22.9 Å². The van der Waals surface area contributed by atoms with E-state index in [9.17, 15) is 0 Å². The molecule has 0 amide bonds. The summed E-state index contributed by atoms with van der Waals surface area (Å²) < 4.78 is 1.16. The van der Waals surface area contributed by atoms with Gasteiger partial charge in [-0.2, -0.15) is 0 Å². The predicted molar refractivity (Wildman–Crippen MR) is 78.9 cm³/mol. The maximum absolute atomic E-state index is 6.02. The fourth-order valence-corrected chi connectivity index (χ4v) is 3.76. The van der Waals surface area contributed by atoms with Crippen molar-refractivity contribution in [2.45, 2.75) is 25.9 Å². The van der Waals surface area contributed by atoms with Crippen LogP contribution in [-0.2, 0) is 0 Å². The lowest BCUT2D eigenvalue weighted by molar-refractivity contribution is 0.407. The average molecular weight is 282 g/mol. The number of fused-ring (bicyclic) bond motifs is 1. The fourth-order valence-electron chi connectivity index (χ4n) is 2.50. The summed E-state index contributed by atoms with van der Waals surface area (Å²) in [5, 5.41) is 5.42. The van der Waals surface area contributed by atoms with Gasteiger partial charge in [-0.3, -0.25) is 0 Å². The van der Waals surface area contributed by atoms with Gasteiger partial charge in [-0.15, -0.1) is 0 Å². The van der Waals surface area contributed by atoms with Crippen molar-refractivity contribution in [3.63, 3.8) is 0 Å². The Morgan fingerprint density at radius 1 is 1.33 bits per heavy atom. The fraction of sp³-hybridized carbons (Fsp3) is 0.462. The quantitative estimate of drug-likeness (QED) is 0.870. The molecule has 0 saturated carbocycles. The molecule has 3 nitrogen and oxygen atoms in total. The van der Waals surface area contributed by atoms with Gasteiger partial charge < -0.3 is 10.2 Å². The van der Waals surface area contributed by atoms with E-state index in [4.69, 9.17) is 16.6 Å². The van der Waals surface area contributed by atoms with E-state index in [0.29, 0.717) is 12.1 Å². The number of thiazole rings is 1. The third-order valence-corrected chi connectivity index (χ3v) is 4.48. The van der Waals surface area contributed by atoms with E-state index in [1.165, 1.54) is 0 Å². The summed E-state index contributed by atoms with van der Waals surface area (Å²) in [5.74, 6) is 0. The summed E-state index contributed by atoms with van der Waals surface area (Å²) in [5.41, 5.74) is 1.04. The van der Waals surface area contributed by atoms with Crippen LogP contribution in [0.1, 0.15) is 13.8 Å². The van der Waals surface area contributed by atoms with Gasteiger partial charge >= 0.3 is 0 Å². The van der Waals surface area contributed by atoms with Crippen LogP contribution < -0.4 is 10.2 Å². The normalized spacial score (nSPS) is 24.7. The van der Waals surface area contributed by atoms with Crippen molar-refractivity contribution in [1.82, 2.24) is 10.3 Å². The van der Waals surface area contributed by atoms with Gasteiger partial charge in [0, 0.05) is 30.2 Å². The second-order valence-electron chi connectivity index (χ2n) is 4.98. The molecular formula is C13H16ClN3S. The summed E-state index contributed by atoms with van der Waals surface area (Å²) >= 11 is 7.74. The van der Waals surface area contributed by atoms with E-state index in [1.807, 2.05) is 18.2 Å². The summed E-state index contributed by atoms with van der Waals surface area (Å²) in [7, 11) is 0. The van der Waals surface area contributed by atoms with E-state index >= 15 is 0 Å². The summed E-state index contributed by atoms with van der Waals surface area (Å²) in [6, 6.07) is 6.89.